The highest BCUT2D eigenvalue weighted by Crippen LogP contribution is 2.29. The van der Waals surface area contributed by atoms with Crippen LogP contribution in [0.15, 0.2) is 23.1 Å². The van der Waals surface area contributed by atoms with Crippen LogP contribution in [0.25, 0.3) is 5.82 Å². The Balaban J connectivity index is 2.15. The number of anilines is 1. The molecule has 3 rings (SSSR count). The number of carbonyl (C=O) groups is 1. The van der Waals surface area contributed by atoms with E-state index in [1.165, 1.54) is 19.4 Å². The summed E-state index contributed by atoms with van der Waals surface area (Å²) >= 11 is 0. The second kappa shape index (κ2) is 10.3. The molecule has 1 amide bonds. The molecule has 3 heterocycles. The number of nitrogens with zero attached hydrogens (tertiary/aromatic N) is 5. The van der Waals surface area contributed by atoms with E-state index >= 15 is 4.39 Å². The maximum Gasteiger partial charge on any atom is 0.425 e. The maximum atomic E-state index is 15.1. The monoisotopic (exact) mass is 514 g/mol. The van der Waals surface area contributed by atoms with Crippen LogP contribution in [0.3, 0.4) is 0 Å². The number of rotatable bonds is 8. The van der Waals surface area contributed by atoms with Crippen LogP contribution in [0.4, 0.5) is 23.2 Å². The van der Waals surface area contributed by atoms with Gasteiger partial charge in [-0.05, 0) is 38.5 Å². The lowest BCUT2D eigenvalue weighted by Crippen LogP contribution is -2.33. The first-order chi connectivity index (χ1) is 16.9. The standard InChI is InChI=1S/C21H22F4N6O5/c1-5-30-15(9-32)29-31(20(30)34)16-13(22)7-12(18(28-16)36-11(3)21(23,24)25)17(33)27-14-6-10(2)8-26-19(14)35-4/h6-8,11,32H,5,9H2,1-4H3,(H,27,33)/t11-/m0/s1. The molecule has 0 spiro atoms. The largest absolute Gasteiger partial charge is 0.480 e. The zero-order chi connectivity index (χ0) is 26.8. The summed E-state index contributed by atoms with van der Waals surface area (Å²) in [5.41, 5.74) is -0.914. The number of carbonyl (C=O) groups excluding carboxylic acids is 1. The quantitative estimate of drug-likeness (QED) is 0.438. The van der Waals surface area contributed by atoms with Crippen LogP contribution >= 0.6 is 0 Å². The number of aliphatic hydroxyl groups excluding tert-OH is 1. The fraction of sp³-hybridized carbons (Fsp3) is 0.381. The van der Waals surface area contributed by atoms with Gasteiger partial charge in [-0.2, -0.15) is 22.8 Å². The summed E-state index contributed by atoms with van der Waals surface area (Å²) in [5.74, 6) is -4.19. The highest BCUT2D eigenvalue weighted by molar-refractivity contribution is 6.06. The van der Waals surface area contributed by atoms with Gasteiger partial charge in [0, 0.05) is 12.7 Å². The van der Waals surface area contributed by atoms with E-state index in [-0.39, 0.29) is 23.9 Å². The molecule has 1 atom stereocenters. The fourth-order valence-electron chi connectivity index (χ4n) is 3.11. The van der Waals surface area contributed by atoms with Crippen LogP contribution in [-0.4, -0.2) is 54.7 Å². The molecule has 3 aromatic heterocycles. The summed E-state index contributed by atoms with van der Waals surface area (Å²) < 4.78 is 66.2. The molecule has 0 saturated carbocycles. The second-order valence-corrected chi connectivity index (χ2v) is 7.48. The van der Waals surface area contributed by atoms with Gasteiger partial charge in [0.15, 0.2) is 23.6 Å². The maximum absolute atomic E-state index is 15.1. The highest BCUT2D eigenvalue weighted by atomic mass is 19.4. The Morgan fingerprint density at radius 3 is 2.53 bits per heavy atom. The first-order valence-corrected chi connectivity index (χ1v) is 10.5. The summed E-state index contributed by atoms with van der Waals surface area (Å²) in [5, 5.41) is 15.6. The van der Waals surface area contributed by atoms with Gasteiger partial charge < -0.3 is 19.9 Å². The Labute approximate surface area is 201 Å². The lowest BCUT2D eigenvalue weighted by Gasteiger charge is -2.19. The number of aliphatic hydroxyl groups is 1. The van der Waals surface area contributed by atoms with E-state index in [2.05, 4.69) is 20.4 Å². The molecule has 15 heteroatoms. The van der Waals surface area contributed by atoms with Gasteiger partial charge in [-0.25, -0.2) is 14.2 Å². The molecular weight excluding hydrogens is 492 g/mol. The van der Waals surface area contributed by atoms with E-state index in [9.17, 15) is 27.9 Å². The van der Waals surface area contributed by atoms with Crippen LogP contribution in [0.2, 0.25) is 0 Å². The molecule has 0 aromatic carbocycles. The van der Waals surface area contributed by atoms with E-state index in [0.717, 1.165) is 4.57 Å². The predicted molar refractivity (Wildman–Crippen MR) is 117 cm³/mol. The number of amides is 1. The van der Waals surface area contributed by atoms with Crippen LogP contribution in [-0.2, 0) is 13.2 Å². The SMILES string of the molecule is CCn1c(CO)nn(-c2nc(O[C@@H](C)C(F)(F)F)c(C(=O)Nc3cc(C)cnc3OC)cc2F)c1=O. The minimum absolute atomic E-state index is 0.00156. The van der Waals surface area contributed by atoms with Gasteiger partial charge in [0.2, 0.25) is 11.8 Å². The van der Waals surface area contributed by atoms with Crippen molar-refractivity contribution in [3.63, 3.8) is 0 Å². The van der Waals surface area contributed by atoms with Crippen molar-refractivity contribution in [3.05, 3.63) is 51.6 Å². The number of aryl methyl sites for hydroxylation is 1. The second-order valence-electron chi connectivity index (χ2n) is 7.48. The van der Waals surface area contributed by atoms with Gasteiger partial charge in [-0.3, -0.25) is 9.36 Å². The average molecular weight is 514 g/mol. The Bertz CT molecular complexity index is 1340. The van der Waals surface area contributed by atoms with Gasteiger partial charge in [-0.1, -0.05) is 0 Å². The van der Waals surface area contributed by atoms with Gasteiger partial charge >= 0.3 is 11.9 Å². The number of nitrogens with one attached hydrogen (secondary N) is 1. The summed E-state index contributed by atoms with van der Waals surface area (Å²) in [6.45, 7) is 3.31. The molecule has 0 aliphatic rings. The third-order valence-electron chi connectivity index (χ3n) is 4.94. The molecule has 194 valence electrons. The van der Waals surface area contributed by atoms with Crippen molar-refractivity contribution in [3.8, 4) is 17.6 Å². The molecule has 0 aliphatic carbocycles. The summed E-state index contributed by atoms with van der Waals surface area (Å²) in [6, 6.07) is 2.05. The van der Waals surface area contributed by atoms with Crippen molar-refractivity contribution in [1.29, 1.82) is 0 Å². The van der Waals surface area contributed by atoms with E-state index < -0.39 is 53.6 Å². The third-order valence-corrected chi connectivity index (χ3v) is 4.94. The van der Waals surface area contributed by atoms with E-state index in [4.69, 9.17) is 9.47 Å². The third kappa shape index (κ3) is 5.30. The van der Waals surface area contributed by atoms with E-state index in [1.807, 2.05) is 0 Å². The van der Waals surface area contributed by atoms with Crippen molar-refractivity contribution in [2.24, 2.45) is 0 Å². The lowest BCUT2D eigenvalue weighted by molar-refractivity contribution is -0.190. The van der Waals surface area contributed by atoms with Crippen molar-refractivity contribution >= 4 is 11.6 Å². The molecule has 0 unspecified atom stereocenters. The number of hydrogen-bond acceptors (Lipinski definition) is 8. The molecule has 36 heavy (non-hydrogen) atoms. The van der Waals surface area contributed by atoms with Crippen molar-refractivity contribution in [2.45, 2.75) is 46.2 Å². The number of ether oxygens (including phenoxy) is 2. The predicted octanol–water partition coefficient (Wildman–Crippen LogP) is 2.37. The number of hydrogen-bond donors (Lipinski definition) is 2. The number of aromatic nitrogens is 5. The summed E-state index contributed by atoms with van der Waals surface area (Å²) in [4.78, 5) is 33.3. The molecule has 11 nitrogen and oxygen atoms in total. The van der Waals surface area contributed by atoms with Gasteiger partial charge in [-0.15, -0.1) is 5.10 Å². The van der Waals surface area contributed by atoms with Crippen molar-refractivity contribution in [2.75, 3.05) is 12.4 Å². The Kier molecular flexibility index (Phi) is 7.62. The topological polar surface area (TPSA) is 133 Å². The van der Waals surface area contributed by atoms with E-state index in [0.29, 0.717) is 23.2 Å². The Morgan fingerprint density at radius 2 is 1.97 bits per heavy atom. The minimum atomic E-state index is -4.85. The van der Waals surface area contributed by atoms with Crippen molar-refractivity contribution in [1.82, 2.24) is 24.3 Å². The molecular formula is C21H22F4N6O5. The van der Waals surface area contributed by atoms with Crippen LogP contribution < -0.4 is 20.5 Å². The normalized spacial score (nSPS) is 12.4. The molecule has 3 aromatic rings. The Morgan fingerprint density at radius 1 is 1.28 bits per heavy atom. The number of methoxy groups -OCH3 is 1. The first kappa shape index (κ1) is 26.6. The van der Waals surface area contributed by atoms with Gasteiger partial charge in [0.25, 0.3) is 5.91 Å². The molecule has 0 aliphatic heterocycles. The summed E-state index contributed by atoms with van der Waals surface area (Å²) in [7, 11) is 1.29. The first-order valence-electron chi connectivity index (χ1n) is 10.5. The zero-order valence-electron chi connectivity index (χ0n) is 19.6. The van der Waals surface area contributed by atoms with Crippen LogP contribution in [0, 0.1) is 12.7 Å². The lowest BCUT2D eigenvalue weighted by atomic mass is 10.2. The average Bonchev–Trinajstić information content (AvgIpc) is 3.14. The van der Waals surface area contributed by atoms with Crippen molar-refractivity contribution < 1.29 is 36.9 Å². The van der Waals surface area contributed by atoms with Crippen LogP contribution in [0.5, 0.6) is 11.8 Å². The number of pyridine rings is 2. The molecule has 0 fully saturated rings. The number of halogens is 4. The fourth-order valence-corrected chi connectivity index (χ4v) is 3.11. The van der Waals surface area contributed by atoms with Crippen LogP contribution in [0.1, 0.15) is 35.6 Å². The Hall–Kier alpha value is -4.01. The molecule has 0 bridgehead atoms. The molecule has 2 N–H and O–H groups in total. The highest BCUT2D eigenvalue weighted by Gasteiger charge is 2.39. The number of alkyl halides is 3. The van der Waals surface area contributed by atoms with E-state index in [1.54, 1.807) is 13.8 Å². The van der Waals surface area contributed by atoms with Gasteiger partial charge in [0.1, 0.15) is 17.9 Å². The molecule has 0 saturated heterocycles. The zero-order valence-corrected chi connectivity index (χ0v) is 19.6. The smallest absolute Gasteiger partial charge is 0.425 e. The molecule has 0 radical (unpaired) electrons. The van der Waals surface area contributed by atoms with Gasteiger partial charge in [0.05, 0.1) is 7.11 Å². The summed E-state index contributed by atoms with van der Waals surface area (Å²) in [6.07, 6.45) is -5.83. The minimum Gasteiger partial charge on any atom is -0.480 e.